The fourth-order valence-corrected chi connectivity index (χ4v) is 5.96. The minimum atomic E-state index is 0.0585. The largest absolute Gasteiger partial charge is 0.496 e. The van der Waals surface area contributed by atoms with Crippen LogP contribution in [0.5, 0.6) is 11.5 Å². The van der Waals surface area contributed by atoms with Crippen molar-refractivity contribution < 1.29 is 9.47 Å². The summed E-state index contributed by atoms with van der Waals surface area (Å²) >= 11 is 2.44. The van der Waals surface area contributed by atoms with E-state index in [4.69, 9.17) is 9.47 Å². The zero-order valence-corrected chi connectivity index (χ0v) is 24.2. The van der Waals surface area contributed by atoms with Crippen molar-refractivity contribution in [2.45, 2.75) is 45.4 Å². The van der Waals surface area contributed by atoms with E-state index in [0.29, 0.717) is 5.92 Å². The zero-order valence-electron chi connectivity index (χ0n) is 22.0. The van der Waals surface area contributed by atoms with Crippen LogP contribution in [0.15, 0.2) is 84.9 Å². The monoisotopic (exact) mass is 590 g/mol. The van der Waals surface area contributed by atoms with Gasteiger partial charge >= 0.3 is 0 Å². The van der Waals surface area contributed by atoms with Gasteiger partial charge in [0.2, 0.25) is 0 Å². The maximum atomic E-state index is 6.33. The number of ether oxygens (including phenoxy) is 2. The van der Waals surface area contributed by atoms with Crippen molar-refractivity contribution in [2.24, 2.45) is 0 Å². The smallest absolute Gasteiger partial charge is 0.127 e. The van der Waals surface area contributed by atoms with Gasteiger partial charge in [-0.1, -0.05) is 100 Å². The number of hydrogen-bond acceptors (Lipinski definition) is 2. The Hall–Kier alpha value is -2.79. The molecule has 0 fully saturated rings. The lowest BCUT2D eigenvalue weighted by Gasteiger charge is -2.30. The predicted octanol–water partition coefficient (Wildman–Crippen LogP) is 9.40. The molecule has 0 saturated carbocycles. The summed E-state index contributed by atoms with van der Waals surface area (Å²) in [7, 11) is 3.56. The summed E-state index contributed by atoms with van der Waals surface area (Å²) in [6.45, 7) is 9.08. The van der Waals surface area contributed by atoms with Gasteiger partial charge < -0.3 is 9.47 Å². The standard InChI is InChI=1S/C33H35IO2/c1-21(2)25-20-26(30(23-14-9-7-10-15-23)24-16-11-8-12-17-24)33(36-6)29(22(3)4)31(25)32-27(34)18-13-19-28(32)35-5/h7-22,30H,1-6H3. The highest BCUT2D eigenvalue weighted by Gasteiger charge is 2.30. The molecule has 0 aliphatic rings. The van der Waals surface area contributed by atoms with Gasteiger partial charge in [0.15, 0.2) is 0 Å². The molecule has 0 aliphatic carbocycles. The number of benzene rings is 4. The molecule has 0 aliphatic heterocycles. The summed E-state index contributed by atoms with van der Waals surface area (Å²) in [5.74, 6) is 2.48. The Balaban J connectivity index is 2.15. The second-order valence-corrected chi connectivity index (χ2v) is 10.9. The average molecular weight is 591 g/mol. The molecule has 0 heterocycles. The molecule has 0 amide bonds. The first-order valence-electron chi connectivity index (χ1n) is 12.6. The molecule has 3 heteroatoms. The van der Waals surface area contributed by atoms with E-state index in [0.717, 1.165) is 17.1 Å². The third-order valence-electron chi connectivity index (χ3n) is 6.80. The van der Waals surface area contributed by atoms with Crippen LogP contribution in [0.25, 0.3) is 11.1 Å². The van der Waals surface area contributed by atoms with Crippen molar-refractivity contribution in [2.75, 3.05) is 14.2 Å². The van der Waals surface area contributed by atoms with E-state index < -0.39 is 0 Å². The molecule has 186 valence electrons. The molecule has 4 rings (SSSR count). The topological polar surface area (TPSA) is 18.5 Å². The van der Waals surface area contributed by atoms with Crippen molar-refractivity contribution in [1.82, 2.24) is 0 Å². The van der Waals surface area contributed by atoms with Crippen molar-refractivity contribution in [3.63, 3.8) is 0 Å². The number of methoxy groups -OCH3 is 2. The number of halogens is 1. The van der Waals surface area contributed by atoms with E-state index >= 15 is 0 Å². The maximum Gasteiger partial charge on any atom is 0.127 e. The molecule has 2 nitrogen and oxygen atoms in total. The molecule has 0 radical (unpaired) electrons. The van der Waals surface area contributed by atoms with Crippen LogP contribution in [0, 0.1) is 3.57 Å². The molecule has 0 N–H and O–H groups in total. The highest BCUT2D eigenvalue weighted by molar-refractivity contribution is 14.1. The Kier molecular flexibility index (Phi) is 8.40. The first kappa shape index (κ1) is 26.3. The van der Waals surface area contributed by atoms with Crippen LogP contribution in [0.2, 0.25) is 0 Å². The SMILES string of the molecule is COc1cccc(I)c1-c1c(C(C)C)cc(C(c2ccccc2)c2ccccc2)c(OC)c1C(C)C. The summed E-state index contributed by atoms with van der Waals surface area (Å²) in [4.78, 5) is 0. The van der Waals surface area contributed by atoms with Crippen LogP contribution in [0.4, 0.5) is 0 Å². The van der Waals surface area contributed by atoms with Crippen LogP contribution in [0.1, 0.15) is 73.3 Å². The van der Waals surface area contributed by atoms with Gasteiger partial charge in [0.25, 0.3) is 0 Å². The van der Waals surface area contributed by atoms with E-state index in [1.165, 1.54) is 37.0 Å². The molecule has 0 aromatic heterocycles. The van der Waals surface area contributed by atoms with E-state index in [1.807, 2.05) is 7.11 Å². The highest BCUT2D eigenvalue weighted by Crippen LogP contribution is 2.50. The minimum absolute atomic E-state index is 0.0585. The fraction of sp³-hybridized carbons (Fsp3) is 0.273. The Bertz CT molecular complexity index is 1270. The first-order valence-corrected chi connectivity index (χ1v) is 13.6. The summed E-state index contributed by atoms with van der Waals surface area (Å²) in [5.41, 5.74) is 8.65. The van der Waals surface area contributed by atoms with Crippen LogP contribution >= 0.6 is 22.6 Å². The summed E-state index contributed by atoms with van der Waals surface area (Å²) in [6.07, 6.45) is 0. The van der Waals surface area contributed by atoms with Gasteiger partial charge in [0.05, 0.1) is 14.2 Å². The molecule has 4 aromatic rings. The molecule has 36 heavy (non-hydrogen) atoms. The Morgan fingerprint density at radius 3 is 1.67 bits per heavy atom. The van der Waals surface area contributed by atoms with E-state index in [9.17, 15) is 0 Å². The van der Waals surface area contributed by atoms with Gasteiger partial charge in [-0.3, -0.25) is 0 Å². The summed E-state index contributed by atoms with van der Waals surface area (Å²) < 4.78 is 13.4. The van der Waals surface area contributed by atoms with E-state index in [-0.39, 0.29) is 11.8 Å². The van der Waals surface area contributed by atoms with Crippen molar-refractivity contribution in [1.29, 1.82) is 0 Å². The quantitative estimate of drug-likeness (QED) is 0.150. The van der Waals surface area contributed by atoms with Crippen LogP contribution < -0.4 is 9.47 Å². The maximum absolute atomic E-state index is 6.33. The van der Waals surface area contributed by atoms with Gasteiger partial charge in [0, 0.05) is 26.2 Å². The number of rotatable bonds is 8. The molecule has 0 bridgehead atoms. The molecule has 0 spiro atoms. The molecule has 0 atom stereocenters. The zero-order chi connectivity index (χ0) is 25.8. The molecule has 4 aromatic carbocycles. The third-order valence-corrected chi connectivity index (χ3v) is 7.70. The first-order chi connectivity index (χ1) is 17.4. The Labute approximate surface area is 229 Å². The second kappa shape index (κ2) is 11.5. The lowest BCUT2D eigenvalue weighted by atomic mass is 9.77. The molecule has 0 saturated heterocycles. The van der Waals surface area contributed by atoms with Gasteiger partial charge in [-0.15, -0.1) is 0 Å². The predicted molar refractivity (Wildman–Crippen MR) is 160 cm³/mol. The summed E-state index contributed by atoms with van der Waals surface area (Å²) in [5, 5.41) is 0. The minimum Gasteiger partial charge on any atom is -0.496 e. The van der Waals surface area contributed by atoms with Crippen molar-refractivity contribution in [3.05, 3.63) is 116 Å². The van der Waals surface area contributed by atoms with Crippen LogP contribution in [0.3, 0.4) is 0 Å². The Morgan fingerprint density at radius 1 is 0.611 bits per heavy atom. The van der Waals surface area contributed by atoms with Gasteiger partial charge in [-0.2, -0.15) is 0 Å². The van der Waals surface area contributed by atoms with Gasteiger partial charge in [0.1, 0.15) is 11.5 Å². The number of hydrogen-bond donors (Lipinski definition) is 0. The average Bonchev–Trinajstić information content (AvgIpc) is 2.89. The van der Waals surface area contributed by atoms with Crippen molar-refractivity contribution >= 4 is 22.6 Å². The molecular weight excluding hydrogens is 555 g/mol. The van der Waals surface area contributed by atoms with Gasteiger partial charge in [-0.25, -0.2) is 0 Å². The fourth-order valence-electron chi connectivity index (χ4n) is 5.22. The lowest BCUT2D eigenvalue weighted by molar-refractivity contribution is 0.401. The van der Waals surface area contributed by atoms with Crippen molar-refractivity contribution in [3.8, 4) is 22.6 Å². The van der Waals surface area contributed by atoms with Crippen LogP contribution in [-0.2, 0) is 0 Å². The normalized spacial score (nSPS) is 11.4. The second-order valence-electron chi connectivity index (χ2n) is 9.76. The van der Waals surface area contributed by atoms with Gasteiger partial charge in [-0.05, 0) is 68.8 Å². The molecule has 0 unspecified atom stereocenters. The van der Waals surface area contributed by atoms with E-state index in [2.05, 4.69) is 135 Å². The Morgan fingerprint density at radius 2 is 1.19 bits per heavy atom. The summed E-state index contributed by atoms with van der Waals surface area (Å²) in [6, 6.07) is 30.2. The van der Waals surface area contributed by atoms with E-state index in [1.54, 1.807) is 7.11 Å². The highest BCUT2D eigenvalue weighted by atomic mass is 127. The van der Waals surface area contributed by atoms with Crippen LogP contribution in [-0.4, -0.2) is 14.2 Å². The third kappa shape index (κ3) is 5.04. The lowest BCUT2D eigenvalue weighted by Crippen LogP contribution is -2.12. The molecular formula is C33H35IO2.